The third kappa shape index (κ3) is 14.4. The Labute approximate surface area is 328 Å². The standard InChI is InChI=1S/C48H74N2O4/c1-5-9-13-17-21-25-31-51-43-35-39-40-36-44(52-32-26-22-18-14-10-6-2)46(54-34-28-24-20-16-12-8-4)38-42(40)48-47(49-29-30-50-48)41(39)37-45(43)53-33-27-23-19-15-11-7-3/h29-30,35-38H,5-28,31-34H2,1-4H3. The molecule has 0 aliphatic heterocycles. The Bertz CT molecular complexity index is 1490. The number of unbranched alkanes of at least 4 members (excludes halogenated alkanes) is 20. The van der Waals surface area contributed by atoms with Gasteiger partial charge in [-0.1, -0.05) is 156 Å². The average molecular weight is 743 g/mol. The molecule has 0 fully saturated rings. The molecule has 0 aliphatic carbocycles. The van der Waals surface area contributed by atoms with Crippen molar-refractivity contribution in [3.63, 3.8) is 0 Å². The van der Waals surface area contributed by atoms with Gasteiger partial charge in [0.05, 0.1) is 37.5 Å². The van der Waals surface area contributed by atoms with E-state index in [9.17, 15) is 0 Å². The van der Waals surface area contributed by atoms with Crippen LogP contribution in [0.5, 0.6) is 23.0 Å². The summed E-state index contributed by atoms with van der Waals surface area (Å²) in [5, 5.41) is 4.21. The molecule has 0 spiro atoms. The molecule has 4 rings (SSSR count). The van der Waals surface area contributed by atoms with Crippen LogP contribution >= 0.6 is 0 Å². The summed E-state index contributed by atoms with van der Waals surface area (Å²) in [6.45, 7) is 11.8. The first-order chi connectivity index (χ1) is 26.7. The van der Waals surface area contributed by atoms with Crippen molar-refractivity contribution in [1.29, 1.82) is 0 Å². The maximum atomic E-state index is 6.58. The summed E-state index contributed by atoms with van der Waals surface area (Å²) >= 11 is 0. The minimum atomic E-state index is 0.679. The molecule has 0 N–H and O–H groups in total. The highest BCUT2D eigenvalue weighted by molar-refractivity contribution is 6.24. The number of nitrogens with zero attached hydrogens (tertiary/aromatic N) is 2. The summed E-state index contributed by atoms with van der Waals surface area (Å²) < 4.78 is 26.2. The fourth-order valence-electron chi connectivity index (χ4n) is 7.40. The Hall–Kier alpha value is -3.28. The number of fused-ring (bicyclic) bond motifs is 6. The second-order valence-electron chi connectivity index (χ2n) is 15.4. The van der Waals surface area contributed by atoms with Crippen LogP contribution in [-0.4, -0.2) is 36.4 Å². The summed E-state index contributed by atoms with van der Waals surface area (Å²) in [6, 6.07) is 8.68. The van der Waals surface area contributed by atoms with Gasteiger partial charge in [0, 0.05) is 23.2 Å². The van der Waals surface area contributed by atoms with E-state index < -0.39 is 0 Å². The maximum Gasteiger partial charge on any atom is 0.161 e. The van der Waals surface area contributed by atoms with Crippen molar-refractivity contribution in [3.8, 4) is 23.0 Å². The monoisotopic (exact) mass is 743 g/mol. The molecule has 0 saturated carbocycles. The first-order valence-corrected chi connectivity index (χ1v) is 22.4. The van der Waals surface area contributed by atoms with Gasteiger partial charge in [-0.2, -0.15) is 0 Å². The molecule has 1 heterocycles. The molecule has 0 aliphatic rings. The van der Waals surface area contributed by atoms with Gasteiger partial charge >= 0.3 is 0 Å². The van der Waals surface area contributed by atoms with Crippen molar-refractivity contribution >= 4 is 32.6 Å². The summed E-state index contributed by atoms with van der Waals surface area (Å²) in [7, 11) is 0. The maximum absolute atomic E-state index is 6.58. The Balaban J connectivity index is 1.67. The smallest absolute Gasteiger partial charge is 0.161 e. The lowest BCUT2D eigenvalue weighted by Gasteiger charge is -2.18. The van der Waals surface area contributed by atoms with Gasteiger partial charge in [-0.15, -0.1) is 0 Å². The lowest BCUT2D eigenvalue weighted by atomic mass is 9.98. The molecule has 300 valence electrons. The predicted molar refractivity (Wildman–Crippen MR) is 230 cm³/mol. The Morgan fingerprint density at radius 1 is 0.315 bits per heavy atom. The minimum Gasteiger partial charge on any atom is -0.490 e. The lowest BCUT2D eigenvalue weighted by molar-refractivity contribution is 0.259. The molecule has 4 aromatic rings. The molecule has 1 aromatic heterocycles. The van der Waals surface area contributed by atoms with Crippen LogP contribution in [0.15, 0.2) is 36.7 Å². The SMILES string of the molecule is CCCCCCCCOc1cc2c3cc(OCCCCCCCC)c(OCCCCCCCC)cc3c3nccnc3c2cc1OCCCCCCCC. The number of rotatable bonds is 32. The van der Waals surface area contributed by atoms with Crippen LogP contribution in [-0.2, 0) is 0 Å². The third-order valence-electron chi connectivity index (χ3n) is 10.7. The molecule has 3 aromatic carbocycles. The lowest BCUT2D eigenvalue weighted by Crippen LogP contribution is -2.04. The molecule has 0 bridgehead atoms. The van der Waals surface area contributed by atoms with E-state index in [-0.39, 0.29) is 0 Å². The second kappa shape index (κ2) is 26.5. The highest BCUT2D eigenvalue weighted by Crippen LogP contribution is 2.43. The average Bonchev–Trinajstić information content (AvgIpc) is 3.19. The van der Waals surface area contributed by atoms with Gasteiger partial charge in [-0.25, -0.2) is 0 Å². The molecule has 0 atom stereocenters. The molecule has 0 unspecified atom stereocenters. The highest BCUT2D eigenvalue weighted by atomic mass is 16.5. The largest absolute Gasteiger partial charge is 0.490 e. The van der Waals surface area contributed by atoms with Crippen molar-refractivity contribution < 1.29 is 18.9 Å². The van der Waals surface area contributed by atoms with Gasteiger partial charge in [-0.3, -0.25) is 9.97 Å². The topological polar surface area (TPSA) is 62.7 Å². The first kappa shape index (κ1) is 43.4. The van der Waals surface area contributed by atoms with Gasteiger partial charge in [-0.05, 0) is 60.7 Å². The molecule has 0 radical (unpaired) electrons. The Kier molecular flexibility index (Phi) is 21.3. The van der Waals surface area contributed by atoms with E-state index in [2.05, 4.69) is 52.0 Å². The second-order valence-corrected chi connectivity index (χ2v) is 15.4. The number of ether oxygens (including phenoxy) is 4. The molecule has 0 saturated heterocycles. The number of benzene rings is 3. The summed E-state index contributed by atoms with van der Waals surface area (Å²) in [6.07, 6.45) is 33.0. The van der Waals surface area contributed by atoms with E-state index in [1.165, 1.54) is 128 Å². The fourth-order valence-corrected chi connectivity index (χ4v) is 7.40. The van der Waals surface area contributed by atoms with Crippen molar-refractivity contribution in [2.24, 2.45) is 0 Å². The van der Waals surface area contributed by atoms with Crippen LogP contribution in [0.25, 0.3) is 32.6 Å². The van der Waals surface area contributed by atoms with Crippen LogP contribution in [0.3, 0.4) is 0 Å². The van der Waals surface area contributed by atoms with E-state index in [1.807, 2.05) is 0 Å². The predicted octanol–water partition coefficient (Wildman–Crippen LogP) is 14.9. The summed E-state index contributed by atoms with van der Waals surface area (Å²) in [5.74, 6) is 3.22. The van der Waals surface area contributed by atoms with E-state index in [1.54, 1.807) is 12.4 Å². The highest BCUT2D eigenvalue weighted by Gasteiger charge is 2.19. The van der Waals surface area contributed by atoms with E-state index in [4.69, 9.17) is 28.9 Å². The fraction of sp³-hybridized carbons (Fsp3) is 0.667. The van der Waals surface area contributed by atoms with Gasteiger partial charge < -0.3 is 18.9 Å². The van der Waals surface area contributed by atoms with Gasteiger partial charge in [0.25, 0.3) is 0 Å². The van der Waals surface area contributed by atoms with Crippen LogP contribution < -0.4 is 18.9 Å². The molecule has 54 heavy (non-hydrogen) atoms. The van der Waals surface area contributed by atoms with Crippen molar-refractivity contribution in [1.82, 2.24) is 9.97 Å². The number of hydrogen-bond acceptors (Lipinski definition) is 6. The molecule has 6 nitrogen and oxygen atoms in total. The molecule has 6 heteroatoms. The van der Waals surface area contributed by atoms with Crippen LogP contribution in [0.2, 0.25) is 0 Å². The first-order valence-electron chi connectivity index (χ1n) is 22.4. The van der Waals surface area contributed by atoms with Crippen molar-refractivity contribution in [2.75, 3.05) is 26.4 Å². The van der Waals surface area contributed by atoms with Crippen molar-refractivity contribution in [3.05, 3.63) is 36.7 Å². The Morgan fingerprint density at radius 3 is 0.833 bits per heavy atom. The summed E-state index contributed by atoms with van der Waals surface area (Å²) in [4.78, 5) is 9.81. The number of hydrogen-bond donors (Lipinski definition) is 0. The summed E-state index contributed by atoms with van der Waals surface area (Å²) in [5.41, 5.74) is 1.74. The number of aromatic nitrogens is 2. The third-order valence-corrected chi connectivity index (χ3v) is 10.7. The van der Waals surface area contributed by atoms with Gasteiger partial charge in [0.2, 0.25) is 0 Å². The van der Waals surface area contributed by atoms with E-state index >= 15 is 0 Å². The van der Waals surface area contributed by atoms with Gasteiger partial charge in [0.1, 0.15) is 0 Å². The van der Waals surface area contributed by atoms with Crippen LogP contribution in [0.1, 0.15) is 182 Å². The Morgan fingerprint density at radius 2 is 0.556 bits per heavy atom. The van der Waals surface area contributed by atoms with E-state index in [0.717, 1.165) is 81.3 Å². The van der Waals surface area contributed by atoms with Gasteiger partial charge in [0.15, 0.2) is 23.0 Å². The van der Waals surface area contributed by atoms with E-state index in [0.29, 0.717) is 26.4 Å². The normalized spacial score (nSPS) is 11.6. The molecular weight excluding hydrogens is 669 g/mol. The zero-order valence-corrected chi connectivity index (χ0v) is 34.8. The minimum absolute atomic E-state index is 0.679. The quantitative estimate of drug-likeness (QED) is 0.0367. The zero-order chi connectivity index (χ0) is 38.1. The molecule has 0 amide bonds. The van der Waals surface area contributed by atoms with Crippen molar-refractivity contribution in [2.45, 2.75) is 182 Å². The zero-order valence-electron chi connectivity index (χ0n) is 34.8. The van der Waals surface area contributed by atoms with Crippen LogP contribution in [0, 0.1) is 0 Å². The molecular formula is C48H74N2O4. The van der Waals surface area contributed by atoms with Crippen LogP contribution in [0.4, 0.5) is 0 Å².